The summed E-state index contributed by atoms with van der Waals surface area (Å²) < 4.78 is 5.60. The molecule has 1 aliphatic rings. The van der Waals surface area contributed by atoms with Gasteiger partial charge in [0.2, 0.25) is 0 Å². The highest BCUT2D eigenvalue weighted by atomic mass is 32.2. The molecule has 0 bridgehead atoms. The fourth-order valence-electron chi connectivity index (χ4n) is 2.30. The number of nitrogens with one attached hydrogen (secondary N) is 1. The van der Waals surface area contributed by atoms with Crippen molar-refractivity contribution < 1.29 is 4.74 Å². The first kappa shape index (κ1) is 14.3. The van der Waals surface area contributed by atoms with Crippen molar-refractivity contribution in [3.8, 4) is 11.4 Å². The van der Waals surface area contributed by atoms with E-state index in [-0.39, 0.29) is 6.10 Å². The van der Waals surface area contributed by atoms with Gasteiger partial charge in [0.05, 0.1) is 6.10 Å². The molecular weight excluding hydrogens is 284 g/mol. The van der Waals surface area contributed by atoms with E-state index in [1.807, 2.05) is 36.4 Å². The van der Waals surface area contributed by atoms with Crippen molar-refractivity contribution in [1.29, 1.82) is 0 Å². The largest absolute Gasteiger partial charge is 0.377 e. The highest BCUT2D eigenvalue weighted by Crippen LogP contribution is 2.33. The fraction of sp³-hybridized carbons (Fsp3) is 0.333. The fourth-order valence-corrected chi connectivity index (χ4v) is 3.41. The van der Waals surface area contributed by atoms with E-state index in [0.717, 1.165) is 23.6 Å². The minimum atomic E-state index is 0.249. The summed E-state index contributed by atoms with van der Waals surface area (Å²) in [6, 6.07) is 11.8. The molecule has 3 rings (SSSR count). The van der Waals surface area contributed by atoms with E-state index in [9.17, 15) is 0 Å². The molecule has 2 unspecified atom stereocenters. The molecule has 2 atom stereocenters. The van der Waals surface area contributed by atoms with Crippen molar-refractivity contribution in [2.75, 3.05) is 12.0 Å². The van der Waals surface area contributed by atoms with Crippen LogP contribution in [-0.2, 0) is 4.74 Å². The van der Waals surface area contributed by atoms with Crippen LogP contribution in [0.2, 0.25) is 0 Å². The second kappa shape index (κ2) is 6.43. The van der Waals surface area contributed by atoms with E-state index < -0.39 is 0 Å². The molecule has 1 aromatic heterocycles. The van der Waals surface area contributed by atoms with Crippen LogP contribution in [0, 0.1) is 0 Å². The number of nitrogens with zero attached hydrogens (tertiary/aromatic N) is 2. The molecule has 0 aliphatic carbocycles. The van der Waals surface area contributed by atoms with Gasteiger partial charge in [-0.25, -0.2) is 15.8 Å². The van der Waals surface area contributed by atoms with Gasteiger partial charge in [0.1, 0.15) is 10.8 Å². The van der Waals surface area contributed by atoms with Crippen molar-refractivity contribution in [2.24, 2.45) is 5.84 Å². The SMILES string of the molecule is CC1OCCC1Sc1cc(NN)nc(-c2ccccc2)n1. The Morgan fingerprint density at radius 3 is 2.76 bits per heavy atom. The molecule has 6 heteroatoms. The molecule has 1 aromatic carbocycles. The zero-order valence-electron chi connectivity index (χ0n) is 11.8. The molecule has 0 saturated carbocycles. The van der Waals surface area contributed by atoms with Gasteiger partial charge in [-0.05, 0) is 13.3 Å². The Morgan fingerprint density at radius 1 is 1.29 bits per heavy atom. The first-order valence-electron chi connectivity index (χ1n) is 6.95. The van der Waals surface area contributed by atoms with Crippen molar-refractivity contribution in [1.82, 2.24) is 9.97 Å². The van der Waals surface area contributed by atoms with E-state index in [4.69, 9.17) is 10.6 Å². The minimum absolute atomic E-state index is 0.249. The smallest absolute Gasteiger partial charge is 0.162 e. The van der Waals surface area contributed by atoms with E-state index in [1.54, 1.807) is 11.8 Å². The Hall–Kier alpha value is -1.63. The predicted molar refractivity (Wildman–Crippen MR) is 85.0 cm³/mol. The van der Waals surface area contributed by atoms with Crippen LogP contribution in [0.15, 0.2) is 41.4 Å². The summed E-state index contributed by atoms with van der Waals surface area (Å²) in [5, 5.41) is 1.34. The van der Waals surface area contributed by atoms with Gasteiger partial charge in [0.15, 0.2) is 5.82 Å². The molecule has 0 amide bonds. The number of ether oxygens (including phenoxy) is 1. The van der Waals surface area contributed by atoms with Crippen molar-refractivity contribution in [3.05, 3.63) is 36.4 Å². The van der Waals surface area contributed by atoms with Gasteiger partial charge >= 0.3 is 0 Å². The number of nitrogen functional groups attached to an aromatic ring is 1. The first-order chi connectivity index (χ1) is 10.3. The summed E-state index contributed by atoms with van der Waals surface area (Å²) in [6.45, 7) is 2.92. The summed E-state index contributed by atoms with van der Waals surface area (Å²) in [6.07, 6.45) is 1.29. The lowest BCUT2D eigenvalue weighted by atomic mass is 10.2. The van der Waals surface area contributed by atoms with Crippen LogP contribution in [-0.4, -0.2) is 27.9 Å². The summed E-state index contributed by atoms with van der Waals surface area (Å²) in [5.74, 6) is 6.83. The van der Waals surface area contributed by atoms with E-state index in [0.29, 0.717) is 16.9 Å². The zero-order valence-corrected chi connectivity index (χ0v) is 12.6. The maximum absolute atomic E-state index is 5.60. The van der Waals surface area contributed by atoms with Gasteiger partial charge in [-0.15, -0.1) is 11.8 Å². The normalized spacial score (nSPS) is 21.4. The average Bonchev–Trinajstić information content (AvgIpc) is 2.93. The van der Waals surface area contributed by atoms with Gasteiger partial charge in [-0.2, -0.15) is 0 Å². The molecule has 0 radical (unpaired) electrons. The molecular formula is C15H18N4OS. The molecule has 2 aromatic rings. The van der Waals surface area contributed by atoms with Crippen LogP contribution >= 0.6 is 11.8 Å². The van der Waals surface area contributed by atoms with Crippen LogP contribution in [0.4, 0.5) is 5.82 Å². The van der Waals surface area contributed by atoms with Crippen molar-refractivity contribution >= 4 is 17.6 Å². The van der Waals surface area contributed by atoms with Crippen LogP contribution < -0.4 is 11.3 Å². The highest BCUT2D eigenvalue weighted by molar-refractivity contribution is 7.99. The predicted octanol–water partition coefficient (Wildman–Crippen LogP) is 2.70. The van der Waals surface area contributed by atoms with Crippen LogP contribution in [0.5, 0.6) is 0 Å². The second-order valence-electron chi connectivity index (χ2n) is 4.95. The number of hydrogen-bond donors (Lipinski definition) is 2. The lowest BCUT2D eigenvalue weighted by molar-refractivity contribution is 0.127. The average molecular weight is 302 g/mol. The lowest BCUT2D eigenvalue weighted by Crippen LogP contribution is -2.14. The van der Waals surface area contributed by atoms with E-state index in [1.165, 1.54) is 0 Å². The first-order valence-corrected chi connectivity index (χ1v) is 7.83. The molecule has 1 saturated heterocycles. The van der Waals surface area contributed by atoms with Gasteiger partial charge < -0.3 is 10.2 Å². The van der Waals surface area contributed by atoms with Crippen LogP contribution in [0.3, 0.4) is 0 Å². The summed E-state index contributed by atoms with van der Waals surface area (Å²) in [4.78, 5) is 9.07. The third-order valence-electron chi connectivity index (χ3n) is 3.46. The van der Waals surface area contributed by atoms with Crippen molar-refractivity contribution in [3.63, 3.8) is 0 Å². The molecule has 1 fully saturated rings. The van der Waals surface area contributed by atoms with Crippen LogP contribution in [0.1, 0.15) is 13.3 Å². The minimum Gasteiger partial charge on any atom is -0.377 e. The molecule has 3 N–H and O–H groups in total. The van der Waals surface area contributed by atoms with Gasteiger partial charge in [-0.1, -0.05) is 30.3 Å². The number of thioether (sulfide) groups is 1. The number of anilines is 1. The van der Waals surface area contributed by atoms with E-state index >= 15 is 0 Å². The quantitative estimate of drug-likeness (QED) is 0.514. The lowest BCUT2D eigenvalue weighted by Gasteiger charge is -2.14. The standard InChI is InChI=1S/C15H18N4OS/c1-10-12(7-8-20-10)21-14-9-13(19-16)17-15(18-14)11-5-3-2-4-6-11/h2-6,9-10,12H,7-8,16H2,1H3,(H,17,18,19). The maximum Gasteiger partial charge on any atom is 0.162 e. The Kier molecular flexibility index (Phi) is 4.38. The molecule has 21 heavy (non-hydrogen) atoms. The van der Waals surface area contributed by atoms with Gasteiger partial charge in [-0.3, -0.25) is 0 Å². The zero-order chi connectivity index (χ0) is 14.7. The number of hydrogen-bond acceptors (Lipinski definition) is 6. The number of aromatic nitrogens is 2. The Morgan fingerprint density at radius 2 is 2.10 bits per heavy atom. The summed E-state index contributed by atoms with van der Waals surface area (Å²) >= 11 is 1.73. The maximum atomic E-state index is 5.60. The number of benzene rings is 1. The number of rotatable bonds is 4. The Bertz CT molecular complexity index is 608. The third-order valence-corrected chi connectivity index (χ3v) is 4.83. The molecule has 0 spiro atoms. The summed E-state index contributed by atoms with van der Waals surface area (Å²) in [7, 11) is 0. The third kappa shape index (κ3) is 3.34. The second-order valence-corrected chi connectivity index (χ2v) is 6.21. The van der Waals surface area contributed by atoms with Crippen LogP contribution in [0.25, 0.3) is 11.4 Å². The van der Waals surface area contributed by atoms with Crippen molar-refractivity contribution in [2.45, 2.75) is 29.7 Å². The number of hydrazine groups is 1. The Balaban J connectivity index is 1.90. The molecule has 110 valence electrons. The van der Waals surface area contributed by atoms with Gasteiger partial charge in [0, 0.05) is 23.5 Å². The highest BCUT2D eigenvalue weighted by Gasteiger charge is 2.26. The van der Waals surface area contributed by atoms with E-state index in [2.05, 4.69) is 22.3 Å². The monoisotopic (exact) mass is 302 g/mol. The molecule has 2 heterocycles. The Labute approximate surface area is 128 Å². The topological polar surface area (TPSA) is 73.1 Å². The molecule has 1 aliphatic heterocycles. The summed E-state index contributed by atoms with van der Waals surface area (Å²) in [5.41, 5.74) is 3.60. The van der Waals surface area contributed by atoms with Gasteiger partial charge in [0.25, 0.3) is 0 Å². The molecule has 5 nitrogen and oxygen atoms in total. The number of nitrogens with two attached hydrogens (primary N) is 1.